The first-order valence-electron chi connectivity index (χ1n) is 6.22. The van der Waals surface area contributed by atoms with Crippen LogP contribution < -0.4 is 10.3 Å². The second-order valence-corrected chi connectivity index (χ2v) is 6.94. The van der Waals surface area contributed by atoms with Crippen molar-refractivity contribution in [3.63, 3.8) is 0 Å². The molecule has 24 heavy (non-hydrogen) atoms. The minimum absolute atomic E-state index is 0.0866. The lowest BCUT2D eigenvalue weighted by Crippen LogP contribution is -2.41. The first-order chi connectivity index (χ1) is 11.2. The van der Waals surface area contributed by atoms with E-state index >= 15 is 0 Å². The van der Waals surface area contributed by atoms with Crippen molar-refractivity contribution in [2.45, 2.75) is 4.90 Å². The molecular weight excluding hydrogens is 381 g/mol. The van der Waals surface area contributed by atoms with Crippen LogP contribution in [0.5, 0.6) is 0 Å². The van der Waals surface area contributed by atoms with Gasteiger partial charge in [-0.15, -0.1) is 4.83 Å². The smallest absolute Gasteiger partial charge is 0.270 e. The molecule has 126 valence electrons. The first kappa shape index (κ1) is 18.1. The fourth-order valence-corrected chi connectivity index (χ4v) is 3.29. The molecule has 0 aliphatic rings. The Hall–Kier alpha value is -2.20. The highest BCUT2D eigenvalue weighted by Gasteiger charge is 2.20. The Morgan fingerprint density at radius 1 is 1.12 bits per heavy atom. The highest BCUT2D eigenvalue weighted by Crippen LogP contribution is 2.24. The van der Waals surface area contributed by atoms with E-state index in [0.717, 1.165) is 12.1 Å². The van der Waals surface area contributed by atoms with Crippen molar-refractivity contribution in [2.75, 3.05) is 0 Å². The van der Waals surface area contributed by atoms with Gasteiger partial charge in [0.2, 0.25) is 0 Å². The number of nitro groups is 1. The second-order valence-electron chi connectivity index (χ2n) is 4.44. The van der Waals surface area contributed by atoms with Crippen LogP contribution in [0.4, 0.5) is 5.69 Å². The molecule has 0 saturated heterocycles. The molecule has 0 saturated carbocycles. The molecule has 2 aromatic carbocycles. The van der Waals surface area contributed by atoms with Gasteiger partial charge < -0.3 is 0 Å². The van der Waals surface area contributed by atoms with Crippen LogP contribution >= 0.6 is 23.2 Å². The van der Waals surface area contributed by atoms with Crippen LogP contribution in [0.25, 0.3) is 0 Å². The van der Waals surface area contributed by atoms with E-state index in [0.29, 0.717) is 0 Å². The largest absolute Gasteiger partial charge is 0.273 e. The van der Waals surface area contributed by atoms with Crippen molar-refractivity contribution in [2.24, 2.45) is 0 Å². The Kier molecular flexibility index (Phi) is 5.40. The van der Waals surface area contributed by atoms with Crippen molar-refractivity contribution >= 4 is 44.8 Å². The predicted molar refractivity (Wildman–Crippen MR) is 87.3 cm³/mol. The summed E-state index contributed by atoms with van der Waals surface area (Å²) in [7, 11) is -4.18. The summed E-state index contributed by atoms with van der Waals surface area (Å²) in [5, 5.41) is 10.7. The van der Waals surface area contributed by atoms with Gasteiger partial charge in [0.05, 0.1) is 9.95 Å². The van der Waals surface area contributed by atoms with Crippen LogP contribution in [-0.2, 0) is 10.0 Å². The van der Waals surface area contributed by atoms with Crippen molar-refractivity contribution in [1.29, 1.82) is 0 Å². The van der Waals surface area contributed by atoms with E-state index in [4.69, 9.17) is 23.2 Å². The van der Waals surface area contributed by atoms with Gasteiger partial charge in [-0.3, -0.25) is 20.3 Å². The topological polar surface area (TPSA) is 118 Å². The van der Waals surface area contributed by atoms with Gasteiger partial charge in [0.25, 0.3) is 21.6 Å². The van der Waals surface area contributed by atoms with Crippen molar-refractivity contribution in [3.05, 3.63) is 68.2 Å². The van der Waals surface area contributed by atoms with Crippen molar-refractivity contribution in [3.8, 4) is 0 Å². The molecule has 0 atom stereocenters. The minimum atomic E-state index is -4.18. The molecule has 2 rings (SSSR count). The highest BCUT2D eigenvalue weighted by atomic mass is 35.5. The maximum absolute atomic E-state index is 12.1. The fraction of sp³-hybridized carbons (Fsp3) is 0. The number of nitrogens with zero attached hydrogens (tertiary/aromatic N) is 1. The van der Waals surface area contributed by atoms with Gasteiger partial charge in [-0.25, -0.2) is 8.42 Å². The van der Waals surface area contributed by atoms with E-state index in [1.165, 1.54) is 30.3 Å². The minimum Gasteiger partial charge on any atom is -0.273 e. The third-order valence-electron chi connectivity index (χ3n) is 2.80. The molecule has 0 fully saturated rings. The quantitative estimate of drug-likeness (QED) is 0.601. The van der Waals surface area contributed by atoms with Gasteiger partial charge in [0, 0.05) is 22.7 Å². The Bertz CT molecular complexity index is 918. The fourth-order valence-electron chi connectivity index (χ4n) is 1.68. The molecule has 0 bridgehead atoms. The summed E-state index contributed by atoms with van der Waals surface area (Å²) >= 11 is 11.5. The molecule has 0 aliphatic carbocycles. The summed E-state index contributed by atoms with van der Waals surface area (Å²) in [4.78, 5) is 23.5. The van der Waals surface area contributed by atoms with Crippen LogP contribution in [0.3, 0.4) is 0 Å². The Balaban J connectivity index is 2.17. The number of non-ortho nitro benzene ring substituents is 1. The van der Waals surface area contributed by atoms with Gasteiger partial charge in [-0.2, -0.15) is 0 Å². The maximum Gasteiger partial charge on any atom is 0.270 e. The van der Waals surface area contributed by atoms with Crippen LogP contribution in [0.1, 0.15) is 10.4 Å². The molecule has 0 radical (unpaired) electrons. The Labute approximate surface area is 146 Å². The molecule has 0 heterocycles. The van der Waals surface area contributed by atoms with E-state index in [9.17, 15) is 23.3 Å². The zero-order valence-electron chi connectivity index (χ0n) is 11.7. The number of hydrazine groups is 1. The number of benzene rings is 2. The third kappa shape index (κ3) is 4.20. The summed E-state index contributed by atoms with van der Waals surface area (Å²) < 4.78 is 24.3. The van der Waals surface area contributed by atoms with E-state index in [1.807, 2.05) is 10.3 Å². The van der Waals surface area contributed by atoms with Crippen molar-refractivity contribution < 1.29 is 18.1 Å². The lowest BCUT2D eigenvalue weighted by Gasteiger charge is -2.10. The summed E-state index contributed by atoms with van der Waals surface area (Å²) in [6.07, 6.45) is 0. The number of hydrogen-bond acceptors (Lipinski definition) is 5. The van der Waals surface area contributed by atoms with Gasteiger partial charge in [0.1, 0.15) is 4.90 Å². The number of nitro benzene ring substituents is 1. The molecule has 2 N–H and O–H groups in total. The molecular formula is C13H9Cl2N3O5S. The second kappa shape index (κ2) is 7.14. The summed E-state index contributed by atoms with van der Waals surface area (Å²) in [5.41, 5.74) is 1.55. The van der Waals surface area contributed by atoms with E-state index in [2.05, 4.69) is 0 Å². The first-order valence-corrected chi connectivity index (χ1v) is 8.46. The SMILES string of the molecule is O=C(NNS(=O)(=O)c1cc(Cl)ccc1Cl)c1cccc([N+](=O)[O-])c1. The number of nitrogens with one attached hydrogen (secondary N) is 2. The summed E-state index contributed by atoms with van der Waals surface area (Å²) in [6, 6.07) is 8.62. The number of amides is 1. The summed E-state index contributed by atoms with van der Waals surface area (Å²) in [6.45, 7) is 0. The van der Waals surface area contributed by atoms with Crippen molar-refractivity contribution in [1.82, 2.24) is 10.3 Å². The molecule has 0 aromatic heterocycles. The Morgan fingerprint density at radius 3 is 2.50 bits per heavy atom. The predicted octanol–water partition coefficient (Wildman–Crippen LogP) is 2.52. The third-order valence-corrected chi connectivity index (χ3v) is 4.77. The van der Waals surface area contributed by atoms with Crippen LogP contribution in [0.15, 0.2) is 47.4 Å². The number of sulfonamides is 1. The number of hydrogen-bond donors (Lipinski definition) is 2. The van der Waals surface area contributed by atoms with Crippen LogP contribution in [0.2, 0.25) is 10.0 Å². The molecule has 2 aromatic rings. The number of carbonyl (C=O) groups is 1. The number of halogens is 2. The zero-order valence-corrected chi connectivity index (χ0v) is 14.0. The average molecular weight is 390 g/mol. The molecule has 0 unspecified atom stereocenters. The lowest BCUT2D eigenvalue weighted by atomic mass is 10.2. The zero-order chi connectivity index (χ0) is 17.9. The normalized spacial score (nSPS) is 11.1. The Morgan fingerprint density at radius 2 is 1.83 bits per heavy atom. The summed E-state index contributed by atoms with van der Waals surface area (Å²) in [5.74, 6) is -0.875. The number of rotatable bonds is 5. The molecule has 8 nitrogen and oxygen atoms in total. The molecule has 11 heteroatoms. The van der Waals surface area contributed by atoms with E-state index in [1.54, 1.807) is 0 Å². The van der Waals surface area contributed by atoms with Gasteiger partial charge in [-0.1, -0.05) is 29.3 Å². The lowest BCUT2D eigenvalue weighted by molar-refractivity contribution is -0.384. The van der Waals surface area contributed by atoms with E-state index in [-0.39, 0.29) is 26.2 Å². The van der Waals surface area contributed by atoms with E-state index < -0.39 is 20.9 Å². The maximum atomic E-state index is 12.1. The average Bonchev–Trinajstić information content (AvgIpc) is 2.55. The number of carbonyl (C=O) groups excluding carboxylic acids is 1. The van der Waals surface area contributed by atoms with Gasteiger partial charge >= 0.3 is 0 Å². The molecule has 1 amide bonds. The van der Waals surface area contributed by atoms with Gasteiger partial charge in [-0.05, 0) is 24.3 Å². The van der Waals surface area contributed by atoms with Crippen LogP contribution in [-0.4, -0.2) is 19.2 Å². The standard InChI is InChI=1S/C13H9Cl2N3O5S/c14-9-4-5-11(15)12(7-9)24(22,23)17-16-13(19)8-2-1-3-10(6-8)18(20)21/h1-7,17H,(H,16,19). The monoisotopic (exact) mass is 389 g/mol. The highest BCUT2D eigenvalue weighted by molar-refractivity contribution is 7.89. The molecule has 0 spiro atoms. The molecule has 0 aliphatic heterocycles. The van der Waals surface area contributed by atoms with Gasteiger partial charge in [0.15, 0.2) is 0 Å². The van der Waals surface area contributed by atoms with Crippen LogP contribution in [0, 0.1) is 10.1 Å².